The number of benzene rings is 2. The molecule has 2 nitrogen and oxygen atoms in total. The lowest BCUT2D eigenvalue weighted by molar-refractivity contribution is 0.950. The molecule has 0 spiro atoms. The standard InChI is InChI=1S/C19H18N2S/c1-3-21-18(16-13-9-6-10-14-16)17(20-19(21)22-4-2)15-11-7-5-8-12-15/h3,5-14H,1,4H2,2H3. The van der Waals surface area contributed by atoms with Crippen LogP contribution in [-0.4, -0.2) is 15.3 Å². The third-order valence-electron chi connectivity index (χ3n) is 3.43. The topological polar surface area (TPSA) is 17.8 Å². The van der Waals surface area contributed by atoms with Crippen LogP contribution in [0.3, 0.4) is 0 Å². The molecular formula is C19H18N2S. The monoisotopic (exact) mass is 306 g/mol. The Kier molecular flexibility index (Phi) is 4.45. The van der Waals surface area contributed by atoms with Crippen molar-refractivity contribution >= 4 is 18.0 Å². The first-order valence-electron chi connectivity index (χ1n) is 7.33. The van der Waals surface area contributed by atoms with Crippen LogP contribution in [0.2, 0.25) is 0 Å². The summed E-state index contributed by atoms with van der Waals surface area (Å²) in [5.41, 5.74) is 4.37. The highest BCUT2D eigenvalue weighted by molar-refractivity contribution is 7.99. The van der Waals surface area contributed by atoms with Gasteiger partial charge in [-0.2, -0.15) is 0 Å². The molecular weight excluding hydrogens is 288 g/mol. The zero-order valence-corrected chi connectivity index (χ0v) is 13.4. The molecule has 110 valence electrons. The van der Waals surface area contributed by atoms with E-state index in [1.807, 2.05) is 30.5 Å². The van der Waals surface area contributed by atoms with Crippen LogP contribution in [0.15, 0.2) is 72.4 Å². The van der Waals surface area contributed by atoms with E-state index in [0.29, 0.717) is 0 Å². The van der Waals surface area contributed by atoms with E-state index in [2.05, 4.69) is 54.5 Å². The number of aromatic nitrogens is 2. The van der Waals surface area contributed by atoms with Gasteiger partial charge in [0.15, 0.2) is 5.16 Å². The molecule has 0 saturated carbocycles. The molecule has 0 amide bonds. The summed E-state index contributed by atoms with van der Waals surface area (Å²) in [4.78, 5) is 4.87. The van der Waals surface area contributed by atoms with Crippen molar-refractivity contribution in [3.63, 3.8) is 0 Å². The van der Waals surface area contributed by atoms with E-state index in [1.165, 1.54) is 0 Å². The van der Waals surface area contributed by atoms with Crippen molar-refractivity contribution in [2.75, 3.05) is 5.75 Å². The fraction of sp³-hybridized carbons (Fsp3) is 0.105. The van der Waals surface area contributed by atoms with Gasteiger partial charge < -0.3 is 0 Å². The SMILES string of the molecule is C=Cn1c(SCC)nc(-c2ccccc2)c1-c1ccccc1. The molecule has 0 aliphatic rings. The van der Waals surface area contributed by atoms with E-state index in [4.69, 9.17) is 4.98 Å². The van der Waals surface area contributed by atoms with Gasteiger partial charge in [-0.25, -0.2) is 4.98 Å². The number of thioether (sulfide) groups is 1. The maximum atomic E-state index is 4.87. The van der Waals surface area contributed by atoms with Crippen LogP contribution in [0.1, 0.15) is 6.92 Å². The van der Waals surface area contributed by atoms with Crippen molar-refractivity contribution in [2.45, 2.75) is 12.1 Å². The van der Waals surface area contributed by atoms with E-state index in [9.17, 15) is 0 Å². The highest BCUT2D eigenvalue weighted by atomic mass is 32.2. The Morgan fingerprint density at radius 1 is 1.00 bits per heavy atom. The summed E-state index contributed by atoms with van der Waals surface area (Å²) in [6.07, 6.45) is 1.85. The highest BCUT2D eigenvalue weighted by Crippen LogP contribution is 2.35. The normalized spacial score (nSPS) is 10.6. The second-order valence-electron chi connectivity index (χ2n) is 4.81. The molecule has 0 aliphatic carbocycles. The minimum Gasteiger partial charge on any atom is -0.294 e. The van der Waals surface area contributed by atoms with Gasteiger partial charge in [0.25, 0.3) is 0 Å². The molecule has 3 rings (SSSR count). The van der Waals surface area contributed by atoms with Gasteiger partial charge in [0.05, 0.1) is 11.4 Å². The smallest absolute Gasteiger partial charge is 0.173 e. The first-order chi connectivity index (χ1) is 10.8. The molecule has 0 N–H and O–H groups in total. The molecule has 0 aliphatic heterocycles. The van der Waals surface area contributed by atoms with Crippen LogP contribution in [0, 0.1) is 0 Å². The Hall–Kier alpha value is -2.26. The van der Waals surface area contributed by atoms with Crippen LogP contribution in [0.25, 0.3) is 28.7 Å². The molecule has 3 aromatic rings. The van der Waals surface area contributed by atoms with Crippen molar-refractivity contribution in [3.8, 4) is 22.5 Å². The minimum atomic E-state index is 0.979. The maximum Gasteiger partial charge on any atom is 0.173 e. The Balaban J connectivity index is 2.27. The Bertz CT molecular complexity index is 761. The van der Waals surface area contributed by atoms with E-state index < -0.39 is 0 Å². The summed E-state index contributed by atoms with van der Waals surface area (Å²) in [5, 5.41) is 0.982. The molecule has 22 heavy (non-hydrogen) atoms. The lowest BCUT2D eigenvalue weighted by Gasteiger charge is -2.08. The van der Waals surface area contributed by atoms with Gasteiger partial charge in [-0.3, -0.25) is 4.57 Å². The Morgan fingerprint density at radius 3 is 2.14 bits per heavy atom. The fourth-order valence-electron chi connectivity index (χ4n) is 2.48. The zero-order chi connectivity index (χ0) is 15.4. The van der Waals surface area contributed by atoms with E-state index in [0.717, 1.165) is 33.4 Å². The largest absolute Gasteiger partial charge is 0.294 e. The third-order valence-corrected chi connectivity index (χ3v) is 4.26. The van der Waals surface area contributed by atoms with Gasteiger partial charge in [0.2, 0.25) is 0 Å². The van der Waals surface area contributed by atoms with Gasteiger partial charge >= 0.3 is 0 Å². The number of hydrogen-bond donors (Lipinski definition) is 0. The minimum absolute atomic E-state index is 0.979. The van der Waals surface area contributed by atoms with Crippen molar-refractivity contribution in [1.82, 2.24) is 9.55 Å². The molecule has 1 heterocycles. The number of hydrogen-bond acceptors (Lipinski definition) is 2. The summed E-state index contributed by atoms with van der Waals surface area (Å²) in [7, 11) is 0. The van der Waals surface area contributed by atoms with Gasteiger partial charge in [-0.05, 0) is 5.75 Å². The van der Waals surface area contributed by atoms with Gasteiger partial charge in [-0.1, -0.05) is 85.9 Å². The number of imidazole rings is 1. The second-order valence-corrected chi connectivity index (χ2v) is 6.04. The quantitative estimate of drug-likeness (QED) is 0.585. The van der Waals surface area contributed by atoms with Gasteiger partial charge in [0, 0.05) is 17.3 Å². The number of rotatable bonds is 5. The average molecular weight is 306 g/mol. The molecule has 0 radical (unpaired) electrons. The summed E-state index contributed by atoms with van der Waals surface area (Å²) in [5.74, 6) is 0.979. The van der Waals surface area contributed by atoms with Crippen molar-refractivity contribution in [1.29, 1.82) is 0 Å². The molecule has 3 heteroatoms. The predicted molar refractivity (Wildman–Crippen MR) is 95.9 cm³/mol. The van der Waals surface area contributed by atoms with Crippen LogP contribution in [0.5, 0.6) is 0 Å². The van der Waals surface area contributed by atoms with Crippen LogP contribution in [0.4, 0.5) is 0 Å². The predicted octanol–water partition coefficient (Wildman–Crippen LogP) is 5.43. The first kappa shape index (κ1) is 14.7. The van der Waals surface area contributed by atoms with E-state index in [1.54, 1.807) is 11.8 Å². The van der Waals surface area contributed by atoms with Crippen molar-refractivity contribution in [3.05, 3.63) is 67.2 Å². The summed E-state index contributed by atoms with van der Waals surface area (Å²) in [6, 6.07) is 20.7. The molecule has 0 atom stereocenters. The maximum absolute atomic E-state index is 4.87. The lowest BCUT2D eigenvalue weighted by Crippen LogP contribution is -1.93. The molecule has 0 unspecified atom stereocenters. The van der Waals surface area contributed by atoms with E-state index in [-0.39, 0.29) is 0 Å². The molecule has 2 aromatic carbocycles. The first-order valence-corrected chi connectivity index (χ1v) is 8.32. The second kappa shape index (κ2) is 6.67. The average Bonchev–Trinajstić information content (AvgIpc) is 2.95. The molecule has 0 saturated heterocycles. The van der Waals surface area contributed by atoms with Crippen LogP contribution < -0.4 is 0 Å². The number of nitrogens with zero attached hydrogens (tertiary/aromatic N) is 2. The summed E-state index contributed by atoms with van der Waals surface area (Å²) < 4.78 is 2.09. The molecule has 0 fully saturated rings. The van der Waals surface area contributed by atoms with Crippen molar-refractivity contribution in [2.24, 2.45) is 0 Å². The highest BCUT2D eigenvalue weighted by Gasteiger charge is 2.18. The summed E-state index contributed by atoms with van der Waals surface area (Å²) in [6.45, 7) is 6.11. The van der Waals surface area contributed by atoms with Crippen LogP contribution in [-0.2, 0) is 0 Å². The van der Waals surface area contributed by atoms with Crippen molar-refractivity contribution < 1.29 is 0 Å². The fourth-order valence-corrected chi connectivity index (χ4v) is 3.20. The molecule has 1 aromatic heterocycles. The Labute approximate surface area is 135 Å². The molecule has 0 bridgehead atoms. The van der Waals surface area contributed by atoms with E-state index >= 15 is 0 Å². The summed E-state index contributed by atoms with van der Waals surface area (Å²) >= 11 is 1.73. The van der Waals surface area contributed by atoms with Gasteiger partial charge in [-0.15, -0.1) is 0 Å². The Morgan fingerprint density at radius 2 is 1.59 bits per heavy atom. The zero-order valence-electron chi connectivity index (χ0n) is 12.6. The van der Waals surface area contributed by atoms with Gasteiger partial charge in [0.1, 0.15) is 0 Å². The van der Waals surface area contributed by atoms with Crippen LogP contribution >= 0.6 is 11.8 Å². The lowest BCUT2D eigenvalue weighted by atomic mass is 10.0. The third kappa shape index (κ3) is 2.72.